The van der Waals surface area contributed by atoms with Crippen LogP contribution in [0.2, 0.25) is 5.02 Å². The van der Waals surface area contributed by atoms with Crippen LogP contribution < -0.4 is 9.47 Å². The van der Waals surface area contributed by atoms with Crippen LogP contribution in [-0.2, 0) is 14.6 Å². The van der Waals surface area contributed by atoms with Gasteiger partial charge < -0.3 is 14.4 Å². The van der Waals surface area contributed by atoms with E-state index < -0.39 is 15.1 Å². The summed E-state index contributed by atoms with van der Waals surface area (Å²) in [5.41, 5.74) is 1.37. The maximum absolute atomic E-state index is 12.8. The lowest BCUT2D eigenvalue weighted by atomic mass is 10.1. The van der Waals surface area contributed by atoms with E-state index in [0.29, 0.717) is 35.1 Å². The van der Waals surface area contributed by atoms with Crippen LogP contribution in [0, 0.1) is 0 Å². The molecule has 0 aromatic heterocycles. The highest BCUT2D eigenvalue weighted by atomic mass is 35.5. The maximum Gasteiger partial charge on any atom is 0.246 e. The molecule has 6 nitrogen and oxygen atoms in total. The molecule has 0 aliphatic carbocycles. The minimum Gasteiger partial charge on any atom is -0.493 e. The SMILES string of the molecule is COc1ccc(/C=C/C(=O)N2CCC(c3ccccc3Cl)S(=O)(=O)CC2)cc1OC. The van der Waals surface area contributed by atoms with E-state index in [1.54, 1.807) is 61.6 Å². The van der Waals surface area contributed by atoms with Crippen molar-refractivity contribution in [2.75, 3.05) is 33.1 Å². The number of hydrogen-bond donors (Lipinski definition) is 0. The monoisotopic (exact) mass is 449 g/mol. The summed E-state index contributed by atoms with van der Waals surface area (Å²) in [5, 5.41) is -0.280. The van der Waals surface area contributed by atoms with Crippen LogP contribution in [0.1, 0.15) is 22.8 Å². The zero-order chi connectivity index (χ0) is 21.7. The second-order valence-electron chi connectivity index (χ2n) is 6.94. The predicted octanol–water partition coefficient (Wildman–Crippen LogP) is 3.76. The highest BCUT2D eigenvalue weighted by molar-refractivity contribution is 7.91. The molecule has 0 N–H and O–H groups in total. The number of nitrogens with zero attached hydrogens (tertiary/aromatic N) is 1. The second-order valence-corrected chi connectivity index (χ2v) is 9.65. The Morgan fingerprint density at radius 2 is 1.83 bits per heavy atom. The Morgan fingerprint density at radius 3 is 2.53 bits per heavy atom. The summed E-state index contributed by atoms with van der Waals surface area (Å²) in [5.74, 6) is 0.832. The molecule has 1 amide bonds. The minimum atomic E-state index is -3.42. The molecule has 0 spiro atoms. The van der Waals surface area contributed by atoms with Gasteiger partial charge in [-0.1, -0.05) is 35.9 Å². The van der Waals surface area contributed by atoms with Gasteiger partial charge in [0.2, 0.25) is 5.91 Å². The molecule has 30 heavy (non-hydrogen) atoms. The molecule has 1 saturated heterocycles. The minimum absolute atomic E-state index is 0.0984. The molecule has 0 bridgehead atoms. The molecule has 0 radical (unpaired) electrons. The van der Waals surface area contributed by atoms with Crippen molar-refractivity contribution in [1.82, 2.24) is 4.90 Å². The van der Waals surface area contributed by atoms with Gasteiger partial charge in [-0.3, -0.25) is 4.79 Å². The molecule has 3 rings (SSSR count). The summed E-state index contributed by atoms with van der Waals surface area (Å²) in [4.78, 5) is 14.2. The van der Waals surface area contributed by atoms with Gasteiger partial charge >= 0.3 is 0 Å². The fraction of sp³-hybridized carbons (Fsp3) is 0.318. The molecule has 2 aromatic carbocycles. The summed E-state index contributed by atoms with van der Waals surface area (Å²) in [6, 6.07) is 12.3. The topological polar surface area (TPSA) is 72.9 Å². The molecular formula is C22H24ClNO5S. The summed E-state index contributed by atoms with van der Waals surface area (Å²) in [7, 11) is -0.318. The highest BCUT2D eigenvalue weighted by Crippen LogP contribution is 2.34. The quantitative estimate of drug-likeness (QED) is 0.650. The third kappa shape index (κ3) is 4.96. The molecule has 160 valence electrons. The molecule has 8 heteroatoms. The van der Waals surface area contributed by atoms with E-state index >= 15 is 0 Å². The molecule has 1 atom stereocenters. The molecule has 0 saturated carbocycles. The van der Waals surface area contributed by atoms with E-state index in [-0.39, 0.29) is 18.2 Å². The van der Waals surface area contributed by atoms with Crippen LogP contribution in [0.15, 0.2) is 48.5 Å². The van der Waals surface area contributed by atoms with E-state index in [2.05, 4.69) is 0 Å². The van der Waals surface area contributed by atoms with Gasteiger partial charge in [-0.05, 0) is 41.8 Å². The number of carbonyl (C=O) groups is 1. The van der Waals surface area contributed by atoms with Gasteiger partial charge in [-0.25, -0.2) is 8.42 Å². The maximum atomic E-state index is 12.8. The highest BCUT2D eigenvalue weighted by Gasteiger charge is 2.33. The molecule has 1 aliphatic rings. The summed E-state index contributed by atoms with van der Waals surface area (Å²) in [6.45, 7) is 0.489. The molecule has 1 heterocycles. The lowest BCUT2D eigenvalue weighted by molar-refractivity contribution is -0.125. The van der Waals surface area contributed by atoms with Gasteiger partial charge in [-0.2, -0.15) is 0 Å². The van der Waals surface area contributed by atoms with Crippen molar-refractivity contribution in [2.45, 2.75) is 11.7 Å². The van der Waals surface area contributed by atoms with Gasteiger partial charge in [0.1, 0.15) is 0 Å². The Morgan fingerprint density at radius 1 is 1.10 bits per heavy atom. The number of benzene rings is 2. The third-order valence-electron chi connectivity index (χ3n) is 5.13. The number of rotatable bonds is 5. The number of halogens is 1. The van der Waals surface area contributed by atoms with Gasteiger partial charge in [0.25, 0.3) is 0 Å². The normalized spacial score (nSPS) is 18.8. The largest absolute Gasteiger partial charge is 0.493 e. The number of amides is 1. The zero-order valence-corrected chi connectivity index (χ0v) is 18.4. The van der Waals surface area contributed by atoms with Crippen LogP contribution in [-0.4, -0.2) is 52.3 Å². The van der Waals surface area contributed by atoms with E-state index in [1.807, 2.05) is 6.07 Å². The lowest BCUT2D eigenvalue weighted by Gasteiger charge is -2.18. The van der Waals surface area contributed by atoms with Crippen molar-refractivity contribution in [1.29, 1.82) is 0 Å². The van der Waals surface area contributed by atoms with Crippen LogP contribution in [0.5, 0.6) is 11.5 Å². The Kier molecular flexibility index (Phi) is 7.05. The molecule has 1 unspecified atom stereocenters. The van der Waals surface area contributed by atoms with E-state index in [9.17, 15) is 13.2 Å². The van der Waals surface area contributed by atoms with Gasteiger partial charge in [0.05, 0.1) is 25.2 Å². The molecule has 2 aromatic rings. The Bertz CT molecular complexity index is 1050. The molecule has 1 aliphatic heterocycles. The van der Waals surface area contributed by atoms with E-state index in [4.69, 9.17) is 21.1 Å². The molecular weight excluding hydrogens is 426 g/mol. The van der Waals surface area contributed by atoms with Crippen molar-refractivity contribution in [3.8, 4) is 11.5 Å². The molecule has 1 fully saturated rings. The van der Waals surface area contributed by atoms with Gasteiger partial charge in [-0.15, -0.1) is 0 Å². The summed E-state index contributed by atoms with van der Waals surface area (Å²) < 4.78 is 36.1. The average molecular weight is 450 g/mol. The number of hydrogen-bond acceptors (Lipinski definition) is 5. The first-order valence-electron chi connectivity index (χ1n) is 9.50. The Labute approximate surface area is 182 Å². The van der Waals surface area contributed by atoms with Crippen molar-refractivity contribution in [3.63, 3.8) is 0 Å². The first-order valence-corrected chi connectivity index (χ1v) is 11.6. The van der Waals surface area contributed by atoms with Crippen LogP contribution in [0.3, 0.4) is 0 Å². The van der Waals surface area contributed by atoms with Crippen LogP contribution in [0.4, 0.5) is 0 Å². The number of ether oxygens (including phenoxy) is 2. The second kappa shape index (κ2) is 9.53. The fourth-order valence-electron chi connectivity index (χ4n) is 3.48. The fourth-order valence-corrected chi connectivity index (χ4v) is 5.63. The number of sulfone groups is 1. The number of methoxy groups -OCH3 is 2. The lowest BCUT2D eigenvalue weighted by Crippen LogP contribution is -2.32. The average Bonchev–Trinajstić information content (AvgIpc) is 2.90. The Hall–Kier alpha value is -2.51. The predicted molar refractivity (Wildman–Crippen MR) is 118 cm³/mol. The first kappa shape index (κ1) is 22.2. The zero-order valence-electron chi connectivity index (χ0n) is 16.9. The van der Waals surface area contributed by atoms with E-state index in [1.165, 1.54) is 6.08 Å². The van der Waals surface area contributed by atoms with Gasteiger partial charge in [0.15, 0.2) is 21.3 Å². The van der Waals surface area contributed by atoms with Crippen LogP contribution >= 0.6 is 11.6 Å². The summed E-state index contributed by atoms with van der Waals surface area (Å²) >= 11 is 6.23. The Balaban J connectivity index is 1.74. The van der Waals surface area contributed by atoms with Crippen molar-refractivity contribution < 1.29 is 22.7 Å². The third-order valence-corrected chi connectivity index (χ3v) is 7.58. The standard InChI is InChI=1S/C22H24ClNO5S/c1-28-19-9-7-16(15-20(19)29-2)8-10-22(25)24-12-11-21(30(26,27)14-13-24)17-5-3-4-6-18(17)23/h3-10,15,21H,11-14H2,1-2H3/b10-8+. The van der Waals surface area contributed by atoms with Gasteiger partial charge in [0, 0.05) is 24.2 Å². The smallest absolute Gasteiger partial charge is 0.246 e. The van der Waals surface area contributed by atoms with Crippen molar-refractivity contribution in [2.24, 2.45) is 0 Å². The summed E-state index contributed by atoms with van der Waals surface area (Å²) in [6.07, 6.45) is 3.43. The van der Waals surface area contributed by atoms with E-state index in [0.717, 1.165) is 5.56 Å². The first-order chi connectivity index (χ1) is 14.4. The van der Waals surface area contributed by atoms with Crippen molar-refractivity contribution >= 4 is 33.4 Å². The van der Waals surface area contributed by atoms with Crippen LogP contribution in [0.25, 0.3) is 6.08 Å². The van der Waals surface area contributed by atoms with Crippen molar-refractivity contribution in [3.05, 3.63) is 64.7 Å². The number of carbonyl (C=O) groups excluding carboxylic acids is 1.